The third kappa shape index (κ3) is 4.36. The van der Waals surface area contributed by atoms with Gasteiger partial charge >= 0.3 is 5.97 Å². The van der Waals surface area contributed by atoms with Gasteiger partial charge in [-0.2, -0.15) is 0 Å². The second-order valence-corrected chi connectivity index (χ2v) is 9.87. The Labute approximate surface area is 211 Å². The number of Topliss-reactive ketones (excluding diaryl/α,β-unsaturated/α-hetero) is 1. The molecule has 0 amide bonds. The largest absolute Gasteiger partial charge is 0.462 e. The summed E-state index contributed by atoms with van der Waals surface area (Å²) in [6, 6.07) is 11.1. The summed E-state index contributed by atoms with van der Waals surface area (Å²) >= 11 is 0. The average molecular weight is 493 g/mol. The van der Waals surface area contributed by atoms with Crippen LogP contribution < -0.4 is 9.64 Å². The molecule has 1 atom stereocenters. The maximum Gasteiger partial charge on any atom is 0.306 e. The molecule has 2 aliphatic heterocycles. The number of non-ortho nitro benzene ring substituents is 1. The Bertz CT molecular complexity index is 1230. The number of ketones is 1. The summed E-state index contributed by atoms with van der Waals surface area (Å²) in [7, 11) is 0. The molecule has 2 aliphatic rings. The van der Waals surface area contributed by atoms with Crippen molar-refractivity contribution in [2.45, 2.75) is 71.1 Å². The van der Waals surface area contributed by atoms with Crippen LogP contribution in [0, 0.1) is 10.1 Å². The van der Waals surface area contributed by atoms with Crippen molar-refractivity contribution < 1.29 is 24.0 Å². The number of fused-ring (bicyclic) bond motifs is 2. The summed E-state index contributed by atoms with van der Waals surface area (Å²) in [5, 5.41) is 11.6. The van der Waals surface area contributed by atoms with Gasteiger partial charge in [-0.25, -0.2) is 0 Å². The predicted molar refractivity (Wildman–Crippen MR) is 137 cm³/mol. The zero-order valence-corrected chi connectivity index (χ0v) is 21.2. The molecule has 0 saturated carbocycles. The topological polar surface area (TPSA) is 99.0 Å². The minimum Gasteiger partial charge on any atom is -0.462 e. The van der Waals surface area contributed by atoms with E-state index in [-0.39, 0.29) is 24.5 Å². The Morgan fingerprint density at radius 1 is 1.14 bits per heavy atom. The van der Waals surface area contributed by atoms with Gasteiger partial charge in [0.25, 0.3) is 5.69 Å². The number of anilines is 1. The Morgan fingerprint density at radius 2 is 1.86 bits per heavy atom. The number of nitro groups is 1. The molecule has 0 aromatic heterocycles. The number of para-hydroxylation sites is 1. The molecular weight excluding hydrogens is 460 g/mol. The van der Waals surface area contributed by atoms with Gasteiger partial charge in [0, 0.05) is 48.3 Å². The van der Waals surface area contributed by atoms with Gasteiger partial charge in [0.2, 0.25) is 5.72 Å². The van der Waals surface area contributed by atoms with Crippen LogP contribution in [0.3, 0.4) is 0 Å². The lowest BCUT2D eigenvalue weighted by Gasteiger charge is -2.47. The van der Waals surface area contributed by atoms with Gasteiger partial charge in [0.05, 0.1) is 10.3 Å². The van der Waals surface area contributed by atoms with Gasteiger partial charge in [-0.3, -0.25) is 14.9 Å². The fraction of sp³-hybridized carbons (Fsp3) is 0.429. The number of hydrogen-bond donors (Lipinski definition) is 0. The van der Waals surface area contributed by atoms with Crippen LogP contribution in [-0.4, -0.2) is 28.9 Å². The molecule has 190 valence electrons. The van der Waals surface area contributed by atoms with E-state index < -0.39 is 22.0 Å². The van der Waals surface area contributed by atoms with E-state index in [0.717, 1.165) is 11.3 Å². The summed E-state index contributed by atoms with van der Waals surface area (Å²) in [5.74, 6) is 0.152. The number of esters is 1. The maximum atomic E-state index is 12.3. The standard InChI is InChI=1S/C28H32N2O6/c1-5-29-24-12-8-7-11-23(24)27(3,4)28(29)15-14-20-16-22(30(33)34)17-21(26(20)36-28)18-35-25(32)13-9-6-10-19(2)31/h7-8,11-12,14-17H,5-6,9-10,13,18H2,1-4H3. The van der Waals surface area contributed by atoms with E-state index in [1.165, 1.54) is 19.1 Å². The van der Waals surface area contributed by atoms with Crippen LogP contribution in [0.25, 0.3) is 6.08 Å². The van der Waals surface area contributed by atoms with Gasteiger partial charge in [0.15, 0.2) is 0 Å². The molecule has 0 radical (unpaired) electrons. The lowest BCUT2D eigenvalue weighted by Crippen LogP contribution is -2.59. The van der Waals surface area contributed by atoms with Crippen LogP contribution in [-0.2, 0) is 26.3 Å². The number of benzene rings is 2. The molecule has 1 spiro atoms. The molecule has 0 N–H and O–H groups in total. The van der Waals surface area contributed by atoms with E-state index >= 15 is 0 Å². The zero-order chi connectivity index (χ0) is 26.1. The first kappa shape index (κ1) is 25.4. The average Bonchev–Trinajstić information content (AvgIpc) is 3.02. The first-order valence-electron chi connectivity index (χ1n) is 12.3. The number of nitrogens with zero attached hydrogens (tertiary/aromatic N) is 2. The monoisotopic (exact) mass is 492 g/mol. The minimum absolute atomic E-state index is 0.0869. The van der Waals surface area contributed by atoms with Crippen LogP contribution in [0.1, 0.15) is 70.1 Å². The van der Waals surface area contributed by atoms with E-state index in [1.54, 1.807) is 0 Å². The Hall–Kier alpha value is -3.68. The van der Waals surface area contributed by atoms with Crippen molar-refractivity contribution in [1.82, 2.24) is 0 Å². The predicted octanol–water partition coefficient (Wildman–Crippen LogP) is 5.71. The third-order valence-corrected chi connectivity index (χ3v) is 7.17. The lowest BCUT2D eigenvalue weighted by atomic mass is 9.76. The highest BCUT2D eigenvalue weighted by Crippen LogP contribution is 2.55. The molecule has 0 bridgehead atoms. The summed E-state index contributed by atoms with van der Waals surface area (Å²) in [4.78, 5) is 36.8. The number of rotatable bonds is 9. The highest BCUT2D eigenvalue weighted by atomic mass is 16.6. The number of carbonyl (C=O) groups excluding carboxylic acids is 2. The number of unbranched alkanes of at least 4 members (excludes halogenated alkanes) is 1. The molecule has 2 aromatic carbocycles. The number of likely N-dealkylation sites (N-methyl/N-ethyl adjacent to an activating group) is 1. The first-order chi connectivity index (χ1) is 17.1. The SMILES string of the molecule is CCN1c2ccccc2C(C)(C)C12C=Cc1cc([N+](=O)[O-])cc(COC(=O)CCCCC(C)=O)c1O2. The Balaban J connectivity index is 1.65. The van der Waals surface area contributed by atoms with E-state index in [9.17, 15) is 19.7 Å². The maximum absolute atomic E-state index is 12.3. The highest BCUT2D eigenvalue weighted by molar-refractivity contribution is 5.76. The summed E-state index contributed by atoms with van der Waals surface area (Å²) in [6.45, 7) is 8.40. The normalized spacial score (nSPS) is 18.9. The fourth-order valence-corrected chi connectivity index (χ4v) is 5.26. The molecule has 0 aliphatic carbocycles. The van der Waals surface area contributed by atoms with Gasteiger partial charge in [-0.1, -0.05) is 18.2 Å². The van der Waals surface area contributed by atoms with Crippen molar-refractivity contribution in [3.63, 3.8) is 0 Å². The first-order valence-corrected chi connectivity index (χ1v) is 12.3. The lowest BCUT2D eigenvalue weighted by molar-refractivity contribution is -0.385. The molecule has 36 heavy (non-hydrogen) atoms. The zero-order valence-electron chi connectivity index (χ0n) is 21.2. The van der Waals surface area contributed by atoms with E-state index in [1.807, 2.05) is 24.3 Å². The Kier molecular flexibility index (Phi) is 6.89. The van der Waals surface area contributed by atoms with Crippen LogP contribution in [0.2, 0.25) is 0 Å². The van der Waals surface area contributed by atoms with E-state index in [2.05, 4.69) is 37.8 Å². The van der Waals surface area contributed by atoms with Crippen molar-refractivity contribution in [1.29, 1.82) is 0 Å². The van der Waals surface area contributed by atoms with Crippen molar-refractivity contribution in [2.24, 2.45) is 0 Å². The second kappa shape index (κ2) is 9.76. The molecule has 2 aromatic rings. The summed E-state index contributed by atoms with van der Waals surface area (Å²) in [6.07, 6.45) is 5.63. The van der Waals surface area contributed by atoms with Gasteiger partial charge in [-0.15, -0.1) is 0 Å². The van der Waals surface area contributed by atoms with Crippen molar-refractivity contribution in [3.05, 3.63) is 69.3 Å². The number of nitro benzene ring substituents is 1. The van der Waals surface area contributed by atoms with Crippen LogP contribution in [0.4, 0.5) is 11.4 Å². The molecular formula is C28H32N2O6. The third-order valence-electron chi connectivity index (χ3n) is 7.17. The molecule has 1 unspecified atom stereocenters. The summed E-state index contributed by atoms with van der Waals surface area (Å²) < 4.78 is 12.3. The molecule has 8 nitrogen and oxygen atoms in total. The highest BCUT2D eigenvalue weighted by Gasteiger charge is 2.58. The minimum atomic E-state index is -0.847. The molecule has 4 rings (SSSR count). The molecule has 0 fully saturated rings. The molecule has 0 saturated heterocycles. The second-order valence-electron chi connectivity index (χ2n) is 9.87. The Morgan fingerprint density at radius 3 is 2.56 bits per heavy atom. The van der Waals surface area contributed by atoms with Crippen LogP contribution in [0.15, 0.2) is 42.5 Å². The summed E-state index contributed by atoms with van der Waals surface area (Å²) in [5.41, 5.74) is 1.89. The van der Waals surface area contributed by atoms with Crippen molar-refractivity contribution >= 4 is 29.2 Å². The number of ether oxygens (including phenoxy) is 2. The van der Waals surface area contributed by atoms with Gasteiger partial charge in [-0.05, 0) is 64.3 Å². The number of hydrogen-bond acceptors (Lipinski definition) is 7. The molecule has 8 heteroatoms. The van der Waals surface area contributed by atoms with Crippen LogP contribution >= 0.6 is 0 Å². The van der Waals surface area contributed by atoms with Gasteiger partial charge in [0.1, 0.15) is 18.1 Å². The van der Waals surface area contributed by atoms with Crippen molar-refractivity contribution in [2.75, 3.05) is 11.4 Å². The smallest absolute Gasteiger partial charge is 0.306 e. The van der Waals surface area contributed by atoms with Crippen LogP contribution in [0.5, 0.6) is 5.75 Å². The van der Waals surface area contributed by atoms with E-state index in [4.69, 9.17) is 9.47 Å². The fourth-order valence-electron chi connectivity index (χ4n) is 5.26. The quantitative estimate of drug-likeness (QED) is 0.191. The molecule has 2 heterocycles. The van der Waals surface area contributed by atoms with Gasteiger partial charge < -0.3 is 19.2 Å². The van der Waals surface area contributed by atoms with Crippen molar-refractivity contribution in [3.8, 4) is 5.75 Å². The number of carbonyl (C=O) groups is 2. The van der Waals surface area contributed by atoms with E-state index in [0.29, 0.717) is 42.7 Å².